The minimum Gasteiger partial charge on any atom is -0.338 e. The molecule has 1 heterocycles. The highest BCUT2D eigenvalue weighted by atomic mass is 79.9. The molecule has 0 unspecified atom stereocenters. The average molecular weight is 436 g/mol. The first-order chi connectivity index (χ1) is 10.9. The van der Waals surface area contributed by atoms with E-state index in [-0.39, 0.29) is 0 Å². The number of hydrogen-bond donors (Lipinski definition) is 0. The first-order valence-corrected chi connectivity index (χ1v) is 9.30. The zero-order valence-corrected chi connectivity index (χ0v) is 17.0. The zero-order chi connectivity index (χ0) is 16.7. The lowest BCUT2D eigenvalue weighted by atomic mass is 10.1. The van der Waals surface area contributed by atoms with Gasteiger partial charge in [-0.15, -0.1) is 0 Å². The van der Waals surface area contributed by atoms with Crippen LogP contribution in [-0.2, 0) is 0 Å². The third-order valence-electron chi connectivity index (χ3n) is 4.13. The molecular weight excluding hydrogens is 416 g/mol. The van der Waals surface area contributed by atoms with Crippen LogP contribution in [0.25, 0.3) is 0 Å². The van der Waals surface area contributed by atoms with Crippen molar-refractivity contribution in [2.24, 2.45) is 0 Å². The minimum atomic E-state index is 0.933. The number of nitrogens with zero attached hydrogens (tertiary/aromatic N) is 2. The van der Waals surface area contributed by atoms with Crippen LogP contribution in [0.4, 0.5) is 11.4 Å². The number of hydrogen-bond acceptors (Lipinski definition) is 2. The Hall–Kier alpha value is -1.000. The number of aryl methyl sites for hydroxylation is 4. The molecule has 4 heteroatoms. The first kappa shape index (κ1) is 16.8. The van der Waals surface area contributed by atoms with Gasteiger partial charge in [0.2, 0.25) is 6.67 Å². The molecule has 0 N–H and O–H groups in total. The fourth-order valence-corrected chi connectivity index (χ4v) is 5.04. The molecule has 1 fully saturated rings. The molecule has 0 spiro atoms. The lowest BCUT2D eigenvalue weighted by Gasteiger charge is -2.24. The lowest BCUT2D eigenvalue weighted by molar-refractivity contribution is 1.01. The molecule has 2 aromatic rings. The molecule has 2 aromatic carbocycles. The van der Waals surface area contributed by atoms with E-state index in [0.717, 1.165) is 22.0 Å². The number of halogens is 2. The van der Waals surface area contributed by atoms with Gasteiger partial charge in [-0.25, -0.2) is 0 Å². The van der Waals surface area contributed by atoms with Crippen LogP contribution in [-0.4, -0.2) is 13.1 Å². The van der Waals surface area contributed by atoms with Crippen LogP contribution in [0.1, 0.15) is 22.3 Å². The Morgan fingerprint density at radius 3 is 1.48 bits per heavy atom. The summed E-state index contributed by atoms with van der Waals surface area (Å²) in [5.74, 6) is 0. The fraction of sp³-hybridized carbons (Fsp3) is 0.316. The summed E-state index contributed by atoms with van der Waals surface area (Å²) in [7, 11) is 0. The number of anilines is 2. The molecule has 1 saturated heterocycles. The highest BCUT2D eigenvalue weighted by Gasteiger charge is 2.27. The van der Waals surface area contributed by atoms with Crippen LogP contribution in [0.15, 0.2) is 33.2 Å². The molecule has 0 saturated carbocycles. The Morgan fingerprint density at radius 1 is 0.739 bits per heavy atom. The summed E-state index contributed by atoms with van der Waals surface area (Å²) in [6.45, 7) is 14.0. The molecule has 0 amide bonds. The molecule has 120 valence electrons. The van der Waals surface area contributed by atoms with E-state index in [9.17, 15) is 0 Å². The van der Waals surface area contributed by atoms with Gasteiger partial charge in [0.15, 0.2) is 0 Å². The molecule has 2 nitrogen and oxygen atoms in total. The molecule has 2 radical (unpaired) electrons. The van der Waals surface area contributed by atoms with Crippen LogP contribution in [0.2, 0.25) is 0 Å². The van der Waals surface area contributed by atoms with Crippen LogP contribution in [0.3, 0.4) is 0 Å². The van der Waals surface area contributed by atoms with Crippen molar-refractivity contribution in [3.8, 4) is 0 Å². The predicted molar refractivity (Wildman–Crippen MR) is 105 cm³/mol. The smallest absolute Gasteiger partial charge is 0.208 e. The van der Waals surface area contributed by atoms with Crippen LogP contribution in [0, 0.1) is 34.4 Å². The Bertz CT molecular complexity index is 646. The molecule has 23 heavy (non-hydrogen) atoms. The molecule has 3 rings (SSSR count). The summed E-state index contributed by atoms with van der Waals surface area (Å²) in [6, 6.07) is 8.77. The van der Waals surface area contributed by atoms with E-state index in [1.54, 1.807) is 0 Å². The summed E-state index contributed by atoms with van der Waals surface area (Å²) in [4.78, 5) is 4.43. The van der Waals surface area contributed by atoms with Crippen molar-refractivity contribution in [2.75, 3.05) is 22.9 Å². The Kier molecular flexibility index (Phi) is 4.75. The van der Waals surface area contributed by atoms with Crippen molar-refractivity contribution in [1.29, 1.82) is 0 Å². The van der Waals surface area contributed by atoms with E-state index < -0.39 is 0 Å². The predicted octanol–water partition coefficient (Wildman–Crippen LogP) is 5.77. The van der Waals surface area contributed by atoms with Gasteiger partial charge in [0.05, 0.1) is 11.4 Å². The highest BCUT2D eigenvalue weighted by molar-refractivity contribution is 9.11. The summed E-state index contributed by atoms with van der Waals surface area (Å²) in [5.41, 5.74) is 7.49. The normalized spacial score (nSPS) is 14.7. The summed E-state index contributed by atoms with van der Waals surface area (Å²) in [5, 5.41) is 0. The second kappa shape index (κ2) is 6.48. The van der Waals surface area contributed by atoms with Gasteiger partial charge in [-0.3, -0.25) is 0 Å². The van der Waals surface area contributed by atoms with Crippen LogP contribution < -0.4 is 9.80 Å². The quantitative estimate of drug-likeness (QED) is 0.590. The van der Waals surface area contributed by atoms with Gasteiger partial charge in [0.25, 0.3) is 0 Å². The average Bonchev–Trinajstić information content (AvgIpc) is 2.85. The summed E-state index contributed by atoms with van der Waals surface area (Å²) in [6.07, 6.45) is 0. The van der Waals surface area contributed by atoms with Gasteiger partial charge in [-0.1, -0.05) is 12.1 Å². The second-order valence-electron chi connectivity index (χ2n) is 6.23. The third-order valence-corrected chi connectivity index (χ3v) is 5.33. The van der Waals surface area contributed by atoms with Crippen molar-refractivity contribution >= 4 is 43.2 Å². The number of rotatable bonds is 2. The van der Waals surface area contributed by atoms with Gasteiger partial charge in [-0.2, -0.15) is 0 Å². The first-order valence-electron chi connectivity index (χ1n) is 7.71. The topological polar surface area (TPSA) is 6.48 Å². The maximum atomic E-state index is 3.71. The van der Waals surface area contributed by atoms with Crippen molar-refractivity contribution in [2.45, 2.75) is 27.7 Å². The molecule has 1 aliphatic rings. The lowest BCUT2D eigenvalue weighted by Crippen LogP contribution is -2.20. The van der Waals surface area contributed by atoms with Crippen molar-refractivity contribution < 1.29 is 0 Å². The third kappa shape index (κ3) is 3.29. The molecule has 0 bridgehead atoms. The Labute approximate surface area is 155 Å². The molecular formula is C19H20Br2N2. The van der Waals surface area contributed by atoms with E-state index in [1.807, 2.05) is 0 Å². The maximum absolute atomic E-state index is 3.71. The highest BCUT2D eigenvalue weighted by Crippen LogP contribution is 2.38. The largest absolute Gasteiger partial charge is 0.338 e. The van der Waals surface area contributed by atoms with Crippen molar-refractivity contribution in [3.05, 3.63) is 62.1 Å². The van der Waals surface area contributed by atoms with Gasteiger partial charge < -0.3 is 9.80 Å². The van der Waals surface area contributed by atoms with E-state index in [4.69, 9.17) is 0 Å². The van der Waals surface area contributed by atoms with E-state index in [1.165, 1.54) is 33.6 Å². The molecule has 0 aliphatic carbocycles. The van der Waals surface area contributed by atoms with E-state index in [0.29, 0.717) is 0 Å². The van der Waals surface area contributed by atoms with Crippen LogP contribution >= 0.6 is 31.9 Å². The molecule has 1 aliphatic heterocycles. The Balaban J connectivity index is 1.91. The minimum absolute atomic E-state index is 0.933. The molecule has 0 atom stereocenters. The van der Waals surface area contributed by atoms with Gasteiger partial charge >= 0.3 is 0 Å². The Morgan fingerprint density at radius 2 is 1.13 bits per heavy atom. The SMILES string of the molecule is Cc1cc(C)c(N2[C]N(c3c(C)cc(C)cc3Br)CC2)c(Br)c1. The van der Waals surface area contributed by atoms with Gasteiger partial charge in [0, 0.05) is 22.0 Å². The monoisotopic (exact) mass is 434 g/mol. The van der Waals surface area contributed by atoms with E-state index in [2.05, 4.69) is 100 Å². The number of benzene rings is 2. The van der Waals surface area contributed by atoms with E-state index >= 15 is 0 Å². The summed E-state index contributed by atoms with van der Waals surface area (Å²) >= 11 is 7.43. The molecule has 0 aromatic heterocycles. The summed E-state index contributed by atoms with van der Waals surface area (Å²) < 4.78 is 2.26. The van der Waals surface area contributed by atoms with Crippen LogP contribution in [0.5, 0.6) is 0 Å². The van der Waals surface area contributed by atoms with Crippen molar-refractivity contribution in [1.82, 2.24) is 0 Å². The van der Waals surface area contributed by atoms with Crippen molar-refractivity contribution in [3.63, 3.8) is 0 Å². The zero-order valence-electron chi connectivity index (χ0n) is 13.9. The second-order valence-corrected chi connectivity index (χ2v) is 7.94. The maximum Gasteiger partial charge on any atom is 0.208 e. The van der Waals surface area contributed by atoms with Gasteiger partial charge in [0.1, 0.15) is 0 Å². The van der Waals surface area contributed by atoms with Gasteiger partial charge in [-0.05, 0) is 93.9 Å². The standard InChI is InChI=1S/C19H20Br2N2/c1-12-7-14(3)18(16(20)9-12)22-5-6-23(11-22)19-15(4)8-13(2)10-17(19)21/h7-10H,5-6H2,1-4H3. The fourth-order valence-electron chi connectivity index (χ4n) is 3.27.